The molecule has 0 amide bonds. The Morgan fingerprint density at radius 1 is 1.29 bits per heavy atom. The minimum atomic E-state index is -3.68. The Kier molecular flexibility index (Phi) is 3.73. The van der Waals surface area contributed by atoms with Gasteiger partial charge in [0.25, 0.3) is 0 Å². The maximum atomic E-state index is 12.8. The number of sulfonamides is 1. The predicted molar refractivity (Wildman–Crippen MR) is 79.0 cm³/mol. The van der Waals surface area contributed by atoms with Gasteiger partial charge in [0.05, 0.1) is 11.2 Å². The summed E-state index contributed by atoms with van der Waals surface area (Å²) in [6, 6.07) is 2.96. The molecule has 1 aromatic carbocycles. The lowest BCUT2D eigenvalue weighted by Gasteiger charge is -2.25. The second-order valence-electron chi connectivity index (χ2n) is 4.89. The molecule has 0 fully saturated rings. The van der Waals surface area contributed by atoms with Gasteiger partial charge in [-0.3, -0.25) is 0 Å². The van der Waals surface area contributed by atoms with E-state index in [-0.39, 0.29) is 16.5 Å². The molecule has 1 aromatic heterocycles. The SMILES string of the molecule is Cc1cc(S(=O)(=O)N2CCc3oncc3C2)c(Cl)cc1Cl. The number of halogens is 2. The summed E-state index contributed by atoms with van der Waals surface area (Å²) < 4.78 is 31.9. The van der Waals surface area contributed by atoms with Crippen LogP contribution in [0.3, 0.4) is 0 Å². The van der Waals surface area contributed by atoms with Crippen molar-refractivity contribution in [1.82, 2.24) is 9.46 Å². The Bertz CT molecular complexity index is 802. The summed E-state index contributed by atoms with van der Waals surface area (Å²) in [6.45, 7) is 2.31. The first-order valence-electron chi connectivity index (χ1n) is 6.28. The molecular weight excluding hydrogens is 335 g/mol. The molecule has 0 bridgehead atoms. The average molecular weight is 347 g/mol. The number of benzene rings is 1. The fraction of sp³-hybridized carbons (Fsp3) is 0.308. The van der Waals surface area contributed by atoms with Gasteiger partial charge in [0.15, 0.2) is 0 Å². The zero-order valence-corrected chi connectivity index (χ0v) is 13.5. The topological polar surface area (TPSA) is 63.4 Å². The molecule has 0 saturated carbocycles. The fourth-order valence-electron chi connectivity index (χ4n) is 2.29. The summed E-state index contributed by atoms with van der Waals surface area (Å²) in [5, 5.41) is 4.27. The first-order chi connectivity index (χ1) is 9.89. The van der Waals surface area contributed by atoms with Crippen LogP contribution in [-0.4, -0.2) is 24.4 Å². The van der Waals surface area contributed by atoms with Crippen LogP contribution in [0.4, 0.5) is 0 Å². The number of rotatable bonds is 2. The summed E-state index contributed by atoms with van der Waals surface area (Å²) in [6.07, 6.45) is 2.05. The van der Waals surface area contributed by atoms with E-state index in [1.807, 2.05) is 0 Å². The second kappa shape index (κ2) is 5.28. The Balaban J connectivity index is 2.00. The number of aryl methyl sites for hydroxylation is 1. The van der Waals surface area contributed by atoms with Crippen molar-refractivity contribution in [2.75, 3.05) is 6.54 Å². The van der Waals surface area contributed by atoms with Crippen molar-refractivity contribution in [3.05, 3.63) is 45.3 Å². The van der Waals surface area contributed by atoms with Crippen LogP contribution in [0.1, 0.15) is 16.9 Å². The Morgan fingerprint density at radius 2 is 2.05 bits per heavy atom. The monoisotopic (exact) mass is 346 g/mol. The molecule has 3 rings (SSSR count). The van der Waals surface area contributed by atoms with Gasteiger partial charge in [-0.15, -0.1) is 0 Å². The van der Waals surface area contributed by atoms with Crippen molar-refractivity contribution in [3.8, 4) is 0 Å². The minimum Gasteiger partial charge on any atom is -0.361 e. The molecule has 1 aliphatic rings. The molecule has 8 heteroatoms. The average Bonchev–Trinajstić information content (AvgIpc) is 2.90. The van der Waals surface area contributed by atoms with E-state index in [2.05, 4.69) is 5.16 Å². The normalized spacial score (nSPS) is 16.0. The summed E-state index contributed by atoms with van der Waals surface area (Å²) in [4.78, 5) is 0.0750. The third kappa shape index (κ3) is 2.57. The van der Waals surface area contributed by atoms with Gasteiger partial charge in [0.1, 0.15) is 10.7 Å². The van der Waals surface area contributed by atoms with Gasteiger partial charge in [-0.25, -0.2) is 8.42 Å². The highest BCUT2D eigenvalue weighted by Gasteiger charge is 2.31. The summed E-state index contributed by atoms with van der Waals surface area (Å²) in [5.74, 6) is 0.736. The molecule has 0 unspecified atom stereocenters. The number of nitrogens with zero attached hydrogens (tertiary/aromatic N) is 2. The van der Waals surface area contributed by atoms with E-state index in [1.165, 1.54) is 16.4 Å². The number of hydrogen-bond acceptors (Lipinski definition) is 4. The van der Waals surface area contributed by atoms with Crippen molar-refractivity contribution in [3.63, 3.8) is 0 Å². The molecule has 0 aliphatic carbocycles. The van der Waals surface area contributed by atoms with E-state index in [0.29, 0.717) is 23.6 Å². The van der Waals surface area contributed by atoms with Gasteiger partial charge in [-0.1, -0.05) is 28.4 Å². The second-order valence-corrected chi connectivity index (χ2v) is 7.62. The minimum absolute atomic E-state index is 0.0750. The van der Waals surface area contributed by atoms with Crippen molar-refractivity contribution in [2.45, 2.75) is 24.8 Å². The molecule has 112 valence electrons. The van der Waals surface area contributed by atoms with E-state index in [0.717, 1.165) is 11.3 Å². The first kappa shape index (κ1) is 14.8. The van der Waals surface area contributed by atoms with Crippen molar-refractivity contribution in [1.29, 1.82) is 0 Å². The molecule has 0 spiro atoms. The molecular formula is C13H12Cl2N2O3S. The molecule has 21 heavy (non-hydrogen) atoms. The van der Waals surface area contributed by atoms with Gasteiger partial charge in [0.2, 0.25) is 10.0 Å². The van der Waals surface area contributed by atoms with Gasteiger partial charge in [-0.05, 0) is 24.6 Å². The molecule has 0 atom stereocenters. The lowest BCUT2D eigenvalue weighted by atomic mass is 10.1. The van der Waals surface area contributed by atoms with Gasteiger partial charge < -0.3 is 4.52 Å². The largest absolute Gasteiger partial charge is 0.361 e. The maximum Gasteiger partial charge on any atom is 0.244 e. The molecule has 0 saturated heterocycles. The van der Waals surface area contributed by atoms with Crippen LogP contribution in [0.2, 0.25) is 10.0 Å². The van der Waals surface area contributed by atoms with Crippen LogP contribution < -0.4 is 0 Å². The summed E-state index contributed by atoms with van der Waals surface area (Å²) in [7, 11) is -3.68. The maximum absolute atomic E-state index is 12.8. The van der Waals surface area contributed by atoms with E-state index >= 15 is 0 Å². The zero-order valence-electron chi connectivity index (χ0n) is 11.1. The molecule has 2 aromatic rings. The third-order valence-corrected chi connectivity index (χ3v) is 6.21. The fourth-order valence-corrected chi connectivity index (χ4v) is 4.51. The molecule has 2 heterocycles. The van der Waals surface area contributed by atoms with E-state index in [4.69, 9.17) is 27.7 Å². The van der Waals surface area contributed by atoms with Crippen LogP contribution in [-0.2, 0) is 23.0 Å². The highest BCUT2D eigenvalue weighted by molar-refractivity contribution is 7.89. The van der Waals surface area contributed by atoms with Crippen LogP contribution in [0.25, 0.3) is 0 Å². The van der Waals surface area contributed by atoms with Crippen LogP contribution in [0.15, 0.2) is 27.7 Å². The van der Waals surface area contributed by atoms with Gasteiger partial charge in [0, 0.05) is 30.1 Å². The Hall–Kier alpha value is -1.08. The van der Waals surface area contributed by atoms with Crippen molar-refractivity contribution < 1.29 is 12.9 Å². The Labute approximate surface area is 132 Å². The number of hydrogen-bond donors (Lipinski definition) is 0. The number of aromatic nitrogens is 1. The summed E-state index contributed by atoms with van der Waals surface area (Å²) >= 11 is 12.0. The third-order valence-electron chi connectivity index (χ3n) is 3.50. The molecule has 5 nitrogen and oxygen atoms in total. The van der Waals surface area contributed by atoms with E-state index in [9.17, 15) is 8.42 Å². The van der Waals surface area contributed by atoms with Crippen LogP contribution in [0, 0.1) is 6.92 Å². The standard InChI is InChI=1S/C13H12Cl2N2O3S/c1-8-4-13(11(15)5-10(8)14)21(18,19)17-3-2-12-9(7-17)6-16-20-12/h4-6H,2-3,7H2,1H3. The van der Waals surface area contributed by atoms with Crippen LogP contribution in [0.5, 0.6) is 0 Å². The van der Waals surface area contributed by atoms with E-state index < -0.39 is 10.0 Å². The smallest absolute Gasteiger partial charge is 0.244 e. The van der Waals surface area contributed by atoms with Crippen molar-refractivity contribution >= 4 is 33.2 Å². The molecule has 1 aliphatic heterocycles. The Morgan fingerprint density at radius 3 is 2.81 bits per heavy atom. The number of fused-ring (bicyclic) bond motifs is 1. The lowest BCUT2D eigenvalue weighted by Crippen LogP contribution is -2.35. The summed E-state index contributed by atoms with van der Waals surface area (Å²) in [5.41, 5.74) is 1.45. The molecule has 0 radical (unpaired) electrons. The van der Waals surface area contributed by atoms with Gasteiger partial charge >= 0.3 is 0 Å². The highest BCUT2D eigenvalue weighted by Crippen LogP contribution is 2.32. The highest BCUT2D eigenvalue weighted by atomic mass is 35.5. The van der Waals surface area contributed by atoms with Crippen molar-refractivity contribution in [2.24, 2.45) is 0 Å². The van der Waals surface area contributed by atoms with E-state index in [1.54, 1.807) is 13.1 Å². The lowest BCUT2D eigenvalue weighted by molar-refractivity contribution is 0.331. The van der Waals surface area contributed by atoms with Crippen LogP contribution >= 0.6 is 23.2 Å². The molecule has 0 N–H and O–H groups in total. The zero-order chi connectivity index (χ0) is 15.2. The first-order valence-corrected chi connectivity index (χ1v) is 8.47. The quantitative estimate of drug-likeness (QED) is 0.838. The van der Waals surface area contributed by atoms with Gasteiger partial charge in [-0.2, -0.15) is 4.31 Å². The predicted octanol–water partition coefficient (Wildman–Crippen LogP) is 3.04.